The minimum atomic E-state index is -0.244. The number of carbonyl (C=O) groups is 2. The number of fused-ring (bicyclic) bond motifs is 4. The number of esters is 1. The van der Waals surface area contributed by atoms with Gasteiger partial charge in [-0.3, -0.25) is 19.9 Å². The van der Waals surface area contributed by atoms with Gasteiger partial charge in [0.25, 0.3) is 5.91 Å². The van der Waals surface area contributed by atoms with Gasteiger partial charge in [0, 0.05) is 28.8 Å². The number of nitrogens with one attached hydrogen (secondary N) is 1. The van der Waals surface area contributed by atoms with Gasteiger partial charge in [0.05, 0.1) is 11.6 Å². The van der Waals surface area contributed by atoms with E-state index in [1.165, 1.54) is 4.88 Å². The number of nitrogens with zero attached hydrogens (tertiary/aromatic N) is 2. The first-order valence-electron chi connectivity index (χ1n) is 10.3. The molecule has 0 spiro atoms. The van der Waals surface area contributed by atoms with Gasteiger partial charge in [0.1, 0.15) is 11.8 Å². The van der Waals surface area contributed by atoms with Crippen molar-refractivity contribution in [2.75, 3.05) is 5.32 Å². The quantitative estimate of drug-likeness (QED) is 0.754. The van der Waals surface area contributed by atoms with Crippen molar-refractivity contribution in [2.24, 2.45) is 23.2 Å². The van der Waals surface area contributed by atoms with Crippen LogP contribution in [0.5, 0.6) is 0 Å². The molecule has 0 bridgehead atoms. The highest BCUT2D eigenvalue weighted by atomic mass is 32.1. The molecule has 1 saturated heterocycles. The molecule has 7 heteroatoms. The third-order valence-electron chi connectivity index (χ3n) is 7.28. The van der Waals surface area contributed by atoms with Crippen molar-refractivity contribution in [1.29, 1.82) is 0 Å². The maximum absolute atomic E-state index is 12.5. The number of ether oxygens (including phenoxy) is 1. The topological polar surface area (TPSA) is 81.2 Å². The number of rotatable bonds is 2. The van der Waals surface area contributed by atoms with E-state index in [4.69, 9.17) is 9.72 Å². The largest absolute Gasteiger partial charge is 0.461 e. The maximum atomic E-state index is 12.5. The fraction of sp³-hybridized carbons (Fsp3) is 0.545. The van der Waals surface area contributed by atoms with E-state index in [9.17, 15) is 9.59 Å². The van der Waals surface area contributed by atoms with Crippen molar-refractivity contribution < 1.29 is 14.3 Å². The van der Waals surface area contributed by atoms with Crippen LogP contribution in [0.2, 0.25) is 0 Å². The molecule has 6 unspecified atom stereocenters. The van der Waals surface area contributed by atoms with Crippen molar-refractivity contribution in [3.8, 4) is 0 Å². The van der Waals surface area contributed by atoms with E-state index < -0.39 is 0 Å². The van der Waals surface area contributed by atoms with Gasteiger partial charge in [-0.05, 0) is 36.8 Å². The number of aromatic nitrogens is 2. The molecule has 1 N–H and O–H groups in total. The summed E-state index contributed by atoms with van der Waals surface area (Å²) in [5.74, 6) is 0.458. The molecule has 2 fully saturated rings. The zero-order valence-electron chi connectivity index (χ0n) is 16.8. The Kier molecular flexibility index (Phi) is 4.28. The number of hydrogen-bond acceptors (Lipinski definition) is 6. The van der Waals surface area contributed by atoms with Gasteiger partial charge in [-0.2, -0.15) is 0 Å². The lowest BCUT2D eigenvalue weighted by Gasteiger charge is -2.51. The Balaban J connectivity index is 1.44. The van der Waals surface area contributed by atoms with Crippen LogP contribution >= 0.6 is 11.3 Å². The smallest absolute Gasteiger partial charge is 0.309 e. The van der Waals surface area contributed by atoms with Gasteiger partial charge in [0.2, 0.25) is 0 Å². The van der Waals surface area contributed by atoms with Crippen LogP contribution in [0.3, 0.4) is 0 Å². The van der Waals surface area contributed by atoms with Crippen molar-refractivity contribution >= 4 is 28.3 Å². The molecule has 6 nitrogen and oxygen atoms in total. The second kappa shape index (κ2) is 6.62. The number of anilines is 1. The lowest BCUT2D eigenvalue weighted by atomic mass is 9.54. The molecule has 1 amide bonds. The summed E-state index contributed by atoms with van der Waals surface area (Å²) in [6.07, 6.45) is 4.64. The Labute approximate surface area is 174 Å². The first-order chi connectivity index (χ1) is 13.9. The second-order valence-electron chi connectivity index (χ2n) is 9.03. The first-order valence-corrected chi connectivity index (χ1v) is 11.1. The van der Waals surface area contributed by atoms with E-state index in [-0.39, 0.29) is 41.1 Å². The van der Waals surface area contributed by atoms with Crippen LogP contribution in [-0.2, 0) is 16.0 Å². The maximum Gasteiger partial charge on any atom is 0.309 e. The van der Waals surface area contributed by atoms with Crippen LogP contribution in [0, 0.1) is 23.2 Å². The van der Waals surface area contributed by atoms with Gasteiger partial charge in [-0.1, -0.05) is 26.8 Å². The van der Waals surface area contributed by atoms with Gasteiger partial charge >= 0.3 is 5.97 Å². The zero-order chi connectivity index (χ0) is 20.3. The summed E-state index contributed by atoms with van der Waals surface area (Å²) in [7, 11) is 0. The minimum Gasteiger partial charge on any atom is -0.461 e. The highest BCUT2D eigenvalue weighted by Crippen LogP contribution is 2.59. The second-order valence-corrected chi connectivity index (χ2v) is 10.1. The van der Waals surface area contributed by atoms with Crippen molar-refractivity contribution in [2.45, 2.75) is 52.1 Å². The van der Waals surface area contributed by atoms with Crippen LogP contribution in [-0.4, -0.2) is 27.9 Å². The molecule has 2 aliphatic carbocycles. The molecule has 152 valence electrons. The summed E-state index contributed by atoms with van der Waals surface area (Å²) in [6, 6.07) is 5.27. The number of carbonyl (C=O) groups excluding carboxylic acids is 2. The fourth-order valence-electron chi connectivity index (χ4n) is 5.79. The van der Waals surface area contributed by atoms with E-state index in [1.54, 1.807) is 35.7 Å². The Morgan fingerprint density at radius 1 is 1.31 bits per heavy atom. The lowest BCUT2D eigenvalue weighted by Crippen LogP contribution is -2.50. The first kappa shape index (κ1) is 18.7. The summed E-state index contributed by atoms with van der Waals surface area (Å²) in [5.41, 5.74) is 1.52. The molecule has 2 aromatic rings. The SMILES string of the molecule is CC1C(=O)OC2C1CCC1(C)Cc3sc(NC(=O)c4ccccn4)nc3C(C)C21. The molecule has 0 aromatic carbocycles. The molecule has 1 aliphatic heterocycles. The van der Waals surface area contributed by atoms with E-state index in [0.29, 0.717) is 16.7 Å². The molecule has 2 aromatic heterocycles. The summed E-state index contributed by atoms with van der Waals surface area (Å²) in [4.78, 5) is 34.9. The average molecular weight is 412 g/mol. The van der Waals surface area contributed by atoms with Crippen LogP contribution in [0.4, 0.5) is 5.13 Å². The lowest BCUT2D eigenvalue weighted by molar-refractivity contribution is -0.149. The molecule has 6 atom stereocenters. The standard InChI is InChI=1S/C22H25N3O3S/c1-11-13-7-8-22(3)10-15-17(12(2)16(22)18(13)28-20(11)27)24-21(29-15)25-19(26)14-6-4-5-9-23-14/h4-6,9,11-13,16,18H,7-8,10H2,1-3H3,(H,24,25,26). The normalized spacial score (nSPS) is 35.3. The summed E-state index contributed by atoms with van der Waals surface area (Å²) in [5, 5.41) is 3.53. The molecule has 0 radical (unpaired) electrons. The van der Waals surface area contributed by atoms with Crippen LogP contribution in [0.15, 0.2) is 24.4 Å². The summed E-state index contributed by atoms with van der Waals surface area (Å²) in [6.45, 7) is 6.53. The third kappa shape index (κ3) is 2.89. The Morgan fingerprint density at radius 3 is 2.90 bits per heavy atom. The van der Waals surface area contributed by atoms with Crippen molar-refractivity contribution in [1.82, 2.24) is 9.97 Å². The van der Waals surface area contributed by atoms with Gasteiger partial charge in [-0.15, -0.1) is 11.3 Å². The molecule has 1 saturated carbocycles. The van der Waals surface area contributed by atoms with Crippen molar-refractivity contribution in [3.05, 3.63) is 40.7 Å². The summed E-state index contributed by atoms with van der Waals surface area (Å²) >= 11 is 1.56. The fourth-order valence-corrected chi connectivity index (χ4v) is 7.05. The number of hydrogen-bond donors (Lipinski definition) is 1. The predicted molar refractivity (Wildman–Crippen MR) is 110 cm³/mol. The van der Waals surface area contributed by atoms with E-state index in [1.807, 2.05) is 6.92 Å². The molecule has 5 rings (SSSR count). The van der Waals surface area contributed by atoms with Crippen LogP contribution in [0.25, 0.3) is 0 Å². The van der Waals surface area contributed by atoms with Gasteiger partial charge in [-0.25, -0.2) is 4.98 Å². The Bertz CT molecular complexity index is 975. The highest BCUT2D eigenvalue weighted by Gasteiger charge is 2.58. The molecule has 29 heavy (non-hydrogen) atoms. The number of thiazole rings is 1. The van der Waals surface area contributed by atoms with Gasteiger partial charge < -0.3 is 4.74 Å². The zero-order valence-corrected chi connectivity index (χ0v) is 17.7. The highest BCUT2D eigenvalue weighted by molar-refractivity contribution is 7.15. The van der Waals surface area contributed by atoms with E-state index in [2.05, 4.69) is 24.1 Å². The minimum absolute atomic E-state index is 0.0122. The molecular formula is C22H25N3O3S. The summed E-state index contributed by atoms with van der Waals surface area (Å²) < 4.78 is 5.89. The van der Waals surface area contributed by atoms with Crippen molar-refractivity contribution in [3.63, 3.8) is 0 Å². The number of pyridine rings is 1. The predicted octanol–water partition coefficient (Wildman–Crippen LogP) is 4.04. The number of amides is 1. The molecule has 3 heterocycles. The van der Waals surface area contributed by atoms with Crippen LogP contribution < -0.4 is 5.32 Å². The Morgan fingerprint density at radius 2 is 2.14 bits per heavy atom. The third-order valence-corrected chi connectivity index (χ3v) is 8.26. The van der Waals surface area contributed by atoms with E-state index >= 15 is 0 Å². The monoisotopic (exact) mass is 411 g/mol. The average Bonchev–Trinajstić information content (AvgIpc) is 3.22. The van der Waals surface area contributed by atoms with E-state index in [0.717, 1.165) is 25.0 Å². The van der Waals surface area contributed by atoms with Crippen LogP contribution in [0.1, 0.15) is 60.6 Å². The van der Waals surface area contributed by atoms with Gasteiger partial charge in [0.15, 0.2) is 5.13 Å². The molecular weight excluding hydrogens is 386 g/mol. The Hall–Kier alpha value is -2.28. The molecule has 3 aliphatic rings.